The van der Waals surface area contributed by atoms with Crippen LogP contribution in [0.5, 0.6) is 0 Å². The van der Waals surface area contributed by atoms with Crippen molar-refractivity contribution < 1.29 is 14.4 Å². The molecule has 0 bridgehead atoms. The lowest BCUT2D eigenvalue weighted by molar-refractivity contribution is -0.384. The van der Waals surface area contributed by atoms with E-state index in [9.17, 15) is 10.1 Å². The van der Waals surface area contributed by atoms with Crippen LogP contribution in [0.25, 0.3) is 17.0 Å². The lowest BCUT2D eigenvalue weighted by Gasteiger charge is -2.19. The number of aromatic amines is 1. The van der Waals surface area contributed by atoms with Crippen LogP contribution in [-0.2, 0) is 15.9 Å². The number of rotatable bonds is 7. The van der Waals surface area contributed by atoms with E-state index in [-0.39, 0.29) is 12.5 Å². The number of nitro groups is 1. The predicted molar refractivity (Wildman–Crippen MR) is 130 cm³/mol. The van der Waals surface area contributed by atoms with Crippen LogP contribution in [0.15, 0.2) is 90.4 Å². The smallest absolute Gasteiger partial charge is 0.271 e. The third-order valence-corrected chi connectivity index (χ3v) is 5.73. The van der Waals surface area contributed by atoms with E-state index in [2.05, 4.69) is 22.3 Å². The summed E-state index contributed by atoms with van der Waals surface area (Å²) in [5.41, 5.74) is 5.44. The Hall–Kier alpha value is -4.59. The van der Waals surface area contributed by atoms with Gasteiger partial charge in [0.05, 0.1) is 16.1 Å². The number of H-pyrrole nitrogens is 1. The molecule has 8 heteroatoms. The van der Waals surface area contributed by atoms with Crippen molar-refractivity contribution in [1.29, 1.82) is 0 Å². The summed E-state index contributed by atoms with van der Waals surface area (Å²) in [6.45, 7) is 0.207. The number of benzene rings is 3. The molecule has 0 spiro atoms. The molecule has 0 saturated heterocycles. The number of nitrogens with zero attached hydrogens (tertiary/aromatic N) is 3. The molecule has 0 amide bonds. The zero-order chi connectivity index (χ0) is 23.5. The van der Waals surface area contributed by atoms with Gasteiger partial charge in [-0.05, 0) is 35.9 Å². The van der Waals surface area contributed by atoms with Crippen molar-refractivity contribution in [3.63, 3.8) is 0 Å². The van der Waals surface area contributed by atoms with E-state index >= 15 is 0 Å². The summed E-state index contributed by atoms with van der Waals surface area (Å²) in [6, 6.07) is 22.6. The largest absolute Gasteiger partial charge is 0.461 e. The number of fused-ring (bicyclic) bond motifs is 1. The van der Waals surface area contributed by atoms with E-state index in [1.165, 1.54) is 6.07 Å². The van der Waals surface area contributed by atoms with Crippen LogP contribution in [0.3, 0.4) is 0 Å². The molecule has 0 aliphatic carbocycles. The molecule has 34 heavy (non-hydrogen) atoms. The molecular formula is C26H22N4O4. The van der Waals surface area contributed by atoms with E-state index < -0.39 is 4.92 Å². The number of nitrogens with one attached hydrogen (secondary N) is 1. The number of ether oxygens (including phenoxy) is 2. The first kappa shape index (κ1) is 21.3. The van der Waals surface area contributed by atoms with Crippen molar-refractivity contribution in [2.45, 2.75) is 6.42 Å². The highest BCUT2D eigenvalue weighted by Gasteiger charge is 2.16. The average molecular weight is 454 g/mol. The first-order valence-electron chi connectivity index (χ1n) is 10.7. The number of anilines is 2. The molecule has 0 saturated carbocycles. The third kappa shape index (κ3) is 4.33. The van der Waals surface area contributed by atoms with Crippen LogP contribution in [-0.4, -0.2) is 29.0 Å². The quantitative estimate of drug-likeness (QED) is 0.284. The summed E-state index contributed by atoms with van der Waals surface area (Å²) in [4.78, 5) is 12.6. The predicted octanol–water partition coefficient (Wildman–Crippen LogP) is 5.71. The van der Waals surface area contributed by atoms with Crippen molar-refractivity contribution in [2.75, 3.05) is 18.7 Å². The van der Waals surface area contributed by atoms with Gasteiger partial charge in [0, 0.05) is 47.9 Å². The molecule has 170 valence electrons. The lowest BCUT2D eigenvalue weighted by Crippen LogP contribution is -2.09. The van der Waals surface area contributed by atoms with Crippen molar-refractivity contribution in [3.05, 3.63) is 112 Å². The van der Waals surface area contributed by atoms with Crippen molar-refractivity contribution in [2.24, 2.45) is 0 Å². The van der Waals surface area contributed by atoms with Crippen molar-refractivity contribution in [3.8, 4) is 0 Å². The van der Waals surface area contributed by atoms with Gasteiger partial charge in [0.1, 0.15) is 6.26 Å². The maximum absolute atomic E-state index is 11.1. The summed E-state index contributed by atoms with van der Waals surface area (Å²) >= 11 is 0. The molecule has 5 rings (SSSR count). The monoisotopic (exact) mass is 454 g/mol. The molecule has 1 aliphatic heterocycles. The summed E-state index contributed by atoms with van der Waals surface area (Å²) in [6.07, 6.45) is 4.36. The van der Waals surface area contributed by atoms with Crippen LogP contribution in [0.2, 0.25) is 0 Å². The molecule has 0 radical (unpaired) electrons. The minimum Gasteiger partial charge on any atom is -0.461 e. The molecule has 8 nitrogen and oxygen atoms in total. The highest BCUT2D eigenvalue weighted by molar-refractivity contribution is 5.90. The van der Waals surface area contributed by atoms with Gasteiger partial charge in [-0.15, -0.1) is 0 Å². The van der Waals surface area contributed by atoms with Gasteiger partial charge in [-0.1, -0.05) is 36.4 Å². The second-order valence-corrected chi connectivity index (χ2v) is 7.92. The number of allylic oxidation sites excluding steroid dienone is 1. The zero-order valence-electron chi connectivity index (χ0n) is 18.5. The molecule has 0 unspecified atom stereocenters. The Labute approximate surface area is 195 Å². The van der Waals surface area contributed by atoms with Crippen LogP contribution >= 0.6 is 0 Å². The van der Waals surface area contributed by atoms with Gasteiger partial charge in [-0.3, -0.25) is 15.2 Å². The Morgan fingerprint density at radius 3 is 2.71 bits per heavy atom. The number of nitro benzene ring substituents is 1. The first-order valence-corrected chi connectivity index (χ1v) is 10.7. The fourth-order valence-corrected chi connectivity index (χ4v) is 3.91. The first-order chi connectivity index (χ1) is 16.6. The number of aromatic nitrogens is 2. The Morgan fingerprint density at radius 2 is 1.94 bits per heavy atom. The zero-order valence-corrected chi connectivity index (χ0v) is 18.5. The van der Waals surface area contributed by atoms with Gasteiger partial charge in [0.2, 0.25) is 6.79 Å². The van der Waals surface area contributed by atoms with Crippen LogP contribution in [0.4, 0.5) is 17.1 Å². The maximum Gasteiger partial charge on any atom is 0.271 e. The van der Waals surface area contributed by atoms with Gasteiger partial charge >= 0.3 is 0 Å². The molecule has 1 N–H and O–H groups in total. The van der Waals surface area contributed by atoms with Crippen LogP contribution in [0.1, 0.15) is 11.3 Å². The summed E-state index contributed by atoms with van der Waals surface area (Å²) in [7, 11) is 1.87. The Kier molecular flexibility index (Phi) is 5.70. The fraction of sp³-hybridized carbons (Fsp3) is 0.115. The molecule has 1 aromatic heterocycles. The molecule has 4 aromatic rings. The number of hydrogen-bond acceptors (Lipinski definition) is 6. The van der Waals surface area contributed by atoms with E-state index in [1.807, 2.05) is 60.5 Å². The second kappa shape index (κ2) is 9.11. The van der Waals surface area contributed by atoms with Crippen LogP contribution in [0, 0.1) is 10.1 Å². The highest BCUT2D eigenvalue weighted by atomic mass is 16.7. The van der Waals surface area contributed by atoms with Crippen molar-refractivity contribution in [1.82, 2.24) is 10.2 Å². The van der Waals surface area contributed by atoms with E-state index in [1.54, 1.807) is 18.4 Å². The van der Waals surface area contributed by atoms with Crippen LogP contribution < -0.4 is 4.90 Å². The van der Waals surface area contributed by atoms with Gasteiger partial charge in [-0.2, -0.15) is 5.10 Å². The molecule has 0 fully saturated rings. The summed E-state index contributed by atoms with van der Waals surface area (Å²) < 4.78 is 10.9. The third-order valence-electron chi connectivity index (χ3n) is 5.73. The highest BCUT2D eigenvalue weighted by Crippen LogP contribution is 2.31. The standard InChI is InChI=1S/C26H22N4O4/c1-29(20-8-5-9-22(14-20)30(31)32)21-10-11-23-24(27-28-25(23)15-21)13-19(26-16-33-17-34-26)12-18-6-3-2-4-7-18/h2-11,13-16H,12,17H2,1H3,(H,27,28). The molecular weight excluding hydrogens is 432 g/mol. The van der Waals surface area contributed by atoms with Gasteiger partial charge < -0.3 is 14.4 Å². The average Bonchev–Trinajstić information content (AvgIpc) is 3.54. The molecule has 2 heterocycles. The fourth-order valence-electron chi connectivity index (χ4n) is 3.91. The van der Waals surface area contributed by atoms with E-state index in [0.29, 0.717) is 12.2 Å². The summed E-state index contributed by atoms with van der Waals surface area (Å²) in [5.74, 6) is 0.702. The van der Waals surface area contributed by atoms with Crippen molar-refractivity contribution >= 4 is 34.0 Å². The minimum absolute atomic E-state index is 0.0518. The van der Waals surface area contributed by atoms with Gasteiger partial charge in [0.25, 0.3) is 5.69 Å². The van der Waals surface area contributed by atoms with E-state index in [4.69, 9.17) is 9.47 Å². The topological polar surface area (TPSA) is 93.5 Å². The Balaban J connectivity index is 1.47. The maximum atomic E-state index is 11.1. The Bertz CT molecular complexity index is 1410. The van der Waals surface area contributed by atoms with E-state index in [0.717, 1.165) is 39.1 Å². The number of hydrogen-bond donors (Lipinski definition) is 1. The SMILES string of the molecule is CN(c1cccc([N+](=O)[O-])c1)c1ccc2c(C=C(Cc3ccccc3)C3=COCO3)[nH]nc2c1. The Morgan fingerprint density at radius 1 is 1.12 bits per heavy atom. The molecule has 1 aliphatic rings. The second-order valence-electron chi connectivity index (χ2n) is 7.92. The van der Waals surface area contributed by atoms with Gasteiger partial charge in [-0.25, -0.2) is 0 Å². The normalized spacial score (nSPS) is 13.3. The number of non-ortho nitro benzene ring substituents is 1. The molecule has 3 aromatic carbocycles. The minimum atomic E-state index is -0.394. The summed E-state index contributed by atoms with van der Waals surface area (Å²) in [5, 5.41) is 19.7. The molecule has 0 atom stereocenters. The van der Waals surface area contributed by atoms with Gasteiger partial charge in [0.15, 0.2) is 5.76 Å². The lowest BCUT2D eigenvalue weighted by atomic mass is 10.0.